The zero-order valence-corrected chi connectivity index (χ0v) is 15.7. The molecule has 0 saturated heterocycles. The first-order valence-corrected chi connectivity index (χ1v) is 9.70. The summed E-state index contributed by atoms with van der Waals surface area (Å²) in [4.78, 5) is 20.0. The summed E-state index contributed by atoms with van der Waals surface area (Å²) in [7, 11) is -1.41. The summed E-state index contributed by atoms with van der Waals surface area (Å²) in [6.07, 6.45) is 0. The Morgan fingerprint density at radius 1 is 1.13 bits per heavy atom. The van der Waals surface area contributed by atoms with Gasteiger partial charge in [0, 0.05) is 33.2 Å². The van der Waals surface area contributed by atoms with E-state index >= 15 is 0 Å². The van der Waals surface area contributed by atoms with Gasteiger partial charge in [0.1, 0.15) is 0 Å². The Labute approximate surface area is 140 Å². The monoisotopic (exact) mass is 349 g/mol. The van der Waals surface area contributed by atoms with Gasteiger partial charge >= 0.3 is 0 Å². The van der Waals surface area contributed by atoms with Crippen molar-refractivity contribution < 1.29 is 13.2 Å². The lowest BCUT2D eigenvalue weighted by Crippen LogP contribution is -2.46. The van der Waals surface area contributed by atoms with Crippen molar-refractivity contribution >= 4 is 21.9 Å². The predicted octanol–water partition coefficient (Wildman–Crippen LogP) is -0.309. The van der Waals surface area contributed by atoms with Crippen LogP contribution in [0.15, 0.2) is 4.99 Å². The molecule has 1 amide bonds. The van der Waals surface area contributed by atoms with E-state index < -0.39 is 10.0 Å². The van der Waals surface area contributed by atoms with Crippen LogP contribution in [0.4, 0.5) is 0 Å². The first kappa shape index (κ1) is 21.6. The maximum atomic E-state index is 12.1. The molecule has 0 saturated carbocycles. The van der Waals surface area contributed by atoms with Crippen LogP contribution in [-0.2, 0) is 14.8 Å². The van der Waals surface area contributed by atoms with Crippen LogP contribution in [0.5, 0.6) is 0 Å². The molecule has 0 bridgehead atoms. The highest BCUT2D eigenvalue weighted by atomic mass is 32.2. The molecular formula is C14H31N5O3S. The van der Waals surface area contributed by atoms with Gasteiger partial charge in [-0.25, -0.2) is 13.1 Å². The van der Waals surface area contributed by atoms with Crippen LogP contribution in [0.1, 0.15) is 27.7 Å². The predicted molar refractivity (Wildman–Crippen MR) is 94.0 cm³/mol. The Bertz CT molecular complexity index is 475. The fraction of sp³-hybridized carbons (Fsp3) is 0.857. The van der Waals surface area contributed by atoms with E-state index in [2.05, 4.69) is 15.0 Å². The maximum absolute atomic E-state index is 12.1. The van der Waals surface area contributed by atoms with Crippen LogP contribution in [0.25, 0.3) is 0 Å². The van der Waals surface area contributed by atoms with Gasteiger partial charge in [0.2, 0.25) is 15.9 Å². The molecule has 0 radical (unpaired) electrons. The van der Waals surface area contributed by atoms with E-state index in [-0.39, 0.29) is 24.7 Å². The number of amides is 1. The number of hydrogen-bond donors (Lipinski definition) is 2. The van der Waals surface area contributed by atoms with Crippen LogP contribution in [0, 0.1) is 0 Å². The summed E-state index contributed by atoms with van der Waals surface area (Å²) < 4.78 is 25.2. The van der Waals surface area contributed by atoms with Crippen LogP contribution in [-0.4, -0.2) is 82.2 Å². The molecule has 0 atom stereocenters. The van der Waals surface area contributed by atoms with E-state index in [1.807, 2.05) is 20.8 Å². The molecule has 23 heavy (non-hydrogen) atoms. The quantitative estimate of drug-likeness (QED) is 0.321. The first-order valence-electron chi connectivity index (χ1n) is 8.05. The average molecular weight is 350 g/mol. The van der Waals surface area contributed by atoms with Gasteiger partial charge < -0.3 is 15.1 Å². The van der Waals surface area contributed by atoms with Crippen LogP contribution in [0.2, 0.25) is 0 Å². The maximum Gasteiger partial charge on any atom is 0.242 e. The van der Waals surface area contributed by atoms with E-state index in [4.69, 9.17) is 0 Å². The van der Waals surface area contributed by atoms with E-state index in [1.165, 1.54) is 0 Å². The third-order valence-electron chi connectivity index (χ3n) is 3.26. The molecule has 0 fully saturated rings. The minimum atomic E-state index is -3.20. The number of nitrogens with zero attached hydrogens (tertiary/aromatic N) is 3. The molecular weight excluding hydrogens is 318 g/mol. The Hall–Kier alpha value is -1.35. The molecule has 0 aliphatic heterocycles. The molecule has 0 aliphatic carbocycles. The number of hydrogen-bond acceptors (Lipinski definition) is 4. The molecule has 0 spiro atoms. The molecule has 0 aromatic rings. The van der Waals surface area contributed by atoms with Crippen molar-refractivity contribution in [1.82, 2.24) is 19.8 Å². The second-order valence-electron chi connectivity index (χ2n) is 4.96. The summed E-state index contributed by atoms with van der Waals surface area (Å²) in [6.45, 7) is 10.2. The largest absolute Gasteiger partial charge is 0.357 e. The van der Waals surface area contributed by atoms with Gasteiger partial charge in [0.25, 0.3) is 0 Å². The first-order chi connectivity index (χ1) is 10.8. The highest BCUT2D eigenvalue weighted by molar-refractivity contribution is 7.89. The van der Waals surface area contributed by atoms with Crippen molar-refractivity contribution in [3.63, 3.8) is 0 Å². The number of carbonyl (C=O) groups is 1. The van der Waals surface area contributed by atoms with Crippen molar-refractivity contribution in [3.8, 4) is 0 Å². The van der Waals surface area contributed by atoms with Gasteiger partial charge in [-0.05, 0) is 27.7 Å². The number of rotatable bonds is 10. The lowest BCUT2D eigenvalue weighted by atomic mass is 10.4. The van der Waals surface area contributed by atoms with E-state index in [1.54, 1.807) is 23.8 Å². The fourth-order valence-electron chi connectivity index (χ4n) is 1.89. The second-order valence-corrected chi connectivity index (χ2v) is 7.05. The standard InChI is InChI=1S/C14H31N5O3S/c1-6-15-14(16-10-11-17-23(21,22)9-4)18(5)12-13(20)19(7-2)8-3/h17H,6-12H2,1-5H3,(H,15,16). The number of guanidine groups is 1. The van der Waals surface area contributed by atoms with Crippen molar-refractivity contribution in [2.75, 3.05) is 52.1 Å². The van der Waals surface area contributed by atoms with Crippen LogP contribution < -0.4 is 10.0 Å². The normalized spacial score (nSPS) is 12.1. The lowest BCUT2D eigenvalue weighted by molar-refractivity contribution is -0.131. The molecule has 0 rings (SSSR count). The van der Waals surface area contributed by atoms with E-state index in [0.29, 0.717) is 32.1 Å². The molecule has 0 unspecified atom stereocenters. The third-order valence-corrected chi connectivity index (χ3v) is 4.66. The smallest absolute Gasteiger partial charge is 0.242 e. The second kappa shape index (κ2) is 11.2. The van der Waals surface area contributed by atoms with Crippen molar-refractivity contribution in [3.05, 3.63) is 0 Å². The highest BCUT2D eigenvalue weighted by Crippen LogP contribution is 1.94. The number of likely N-dealkylation sites (N-methyl/N-ethyl adjacent to an activating group) is 2. The summed E-state index contributed by atoms with van der Waals surface area (Å²) in [5.74, 6) is 0.674. The average Bonchev–Trinajstić information content (AvgIpc) is 2.51. The van der Waals surface area contributed by atoms with Crippen molar-refractivity contribution in [1.29, 1.82) is 0 Å². The molecule has 2 N–H and O–H groups in total. The molecule has 0 aliphatic rings. The van der Waals surface area contributed by atoms with Gasteiger partial charge in [-0.2, -0.15) is 0 Å². The highest BCUT2D eigenvalue weighted by Gasteiger charge is 2.15. The van der Waals surface area contributed by atoms with Gasteiger partial charge in [-0.15, -0.1) is 0 Å². The summed E-state index contributed by atoms with van der Waals surface area (Å²) in [6, 6.07) is 0. The van der Waals surface area contributed by atoms with E-state index in [9.17, 15) is 13.2 Å². The zero-order valence-electron chi connectivity index (χ0n) is 14.9. The van der Waals surface area contributed by atoms with E-state index in [0.717, 1.165) is 0 Å². The molecule has 0 aromatic carbocycles. The van der Waals surface area contributed by atoms with Gasteiger partial charge in [-0.1, -0.05) is 0 Å². The molecule has 136 valence electrons. The van der Waals surface area contributed by atoms with Gasteiger partial charge in [0.05, 0.1) is 18.8 Å². The number of carbonyl (C=O) groups excluding carboxylic acids is 1. The third kappa shape index (κ3) is 8.75. The lowest BCUT2D eigenvalue weighted by Gasteiger charge is -2.25. The number of aliphatic imine (C=N–C) groups is 1. The minimum absolute atomic E-state index is 0.0368. The molecule has 0 heterocycles. The van der Waals surface area contributed by atoms with Crippen molar-refractivity contribution in [2.24, 2.45) is 4.99 Å². The number of nitrogens with one attached hydrogen (secondary N) is 2. The molecule has 8 nitrogen and oxygen atoms in total. The Kier molecular flexibility index (Phi) is 10.6. The summed E-state index contributed by atoms with van der Waals surface area (Å²) in [5, 5.41) is 3.10. The van der Waals surface area contributed by atoms with Crippen LogP contribution in [0.3, 0.4) is 0 Å². The summed E-state index contributed by atoms with van der Waals surface area (Å²) >= 11 is 0. The zero-order chi connectivity index (χ0) is 17.9. The van der Waals surface area contributed by atoms with Crippen molar-refractivity contribution in [2.45, 2.75) is 27.7 Å². The topological polar surface area (TPSA) is 94.1 Å². The minimum Gasteiger partial charge on any atom is -0.357 e. The Morgan fingerprint density at radius 3 is 2.22 bits per heavy atom. The van der Waals surface area contributed by atoms with Gasteiger partial charge in [-0.3, -0.25) is 9.79 Å². The SMILES string of the molecule is CCNC(=NCCNS(=O)(=O)CC)N(C)CC(=O)N(CC)CC. The Morgan fingerprint density at radius 2 is 1.74 bits per heavy atom. The fourth-order valence-corrected chi connectivity index (χ4v) is 2.50. The molecule has 9 heteroatoms. The number of sulfonamides is 1. The molecule has 0 aromatic heterocycles. The Balaban J connectivity index is 4.63. The summed E-state index contributed by atoms with van der Waals surface area (Å²) in [5.41, 5.74) is 0. The van der Waals surface area contributed by atoms with Gasteiger partial charge in [0.15, 0.2) is 5.96 Å². The van der Waals surface area contributed by atoms with Crippen LogP contribution >= 0.6 is 0 Å².